The van der Waals surface area contributed by atoms with Gasteiger partial charge in [0.1, 0.15) is 5.01 Å². The van der Waals surface area contributed by atoms with Crippen LogP contribution in [0.15, 0.2) is 64.7 Å². The maximum atomic E-state index is 12.4. The van der Waals surface area contributed by atoms with Crippen molar-refractivity contribution in [3.8, 4) is 10.6 Å². The Balaban J connectivity index is 1.42. The molecule has 1 N–H and O–H groups in total. The summed E-state index contributed by atoms with van der Waals surface area (Å²) < 4.78 is 0. The molecule has 1 atom stereocenters. The molecule has 2 heterocycles. The molecular weight excluding hydrogens is 360 g/mol. The number of rotatable bonds is 5. The summed E-state index contributed by atoms with van der Waals surface area (Å²) >= 11 is 3.23. The zero-order chi connectivity index (χ0) is 17.9. The predicted molar refractivity (Wildman–Crippen MR) is 110 cm³/mol. The molecule has 0 saturated heterocycles. The number of nitrogens with zero attached hydrogens (tertiary/aromatic N) is 1. The molecule has 4 aromatic rings. The van der Waals surface area contributed by atoms with E-state index in [0.29, 0.717) is 6.42 Å². The van der Waals surface area contributed by atoms with Crippen molar-refractivity contribution < 1.29 is 4.79 Å². The average Bonchev–Trinajstić information content (AvgIpc) is 3.32. The van der Waals surface area contributed by atoms with E-state index in [1.165, 1.54) is 10.8 Å². The number of carbonyl (C=O) groups is 1. The quantitative estimate of drug-likeness (QED) is 0.502. The first-order valence-electron chi connectivity index (χ1n) is 8.44. The second-order valence-corrected chi connectivity index (χ2v) is 7.87. The molecule has 0 fully saturated rings. The van der Waals surface area contributed by atoms with Crippen molar-refractivity contribution in [3.63, 3.8) is 0 Å². The van der Waals surface area contributed by atoms with E-state index in [-0.39, 0.29) is 11.9 Å². The molecule has 0 aliphatic rings. The predicted octanol–water partition coefficient (Wildman–Crippen LogP) is 5.44. The lowest BCUT2D eigenvalue weighted by molar-refractivity contribution is -0.121. The Hall–Kier alpha value is -2.50. The fourth-order valence-electron chi connectivity index (χ4n) is 2.92. The lowest BCUT2D eigenvalue weighted by Gasteiger charge is -2.14. The third-order valence-electron chi connectivity index (χ3n) is 4.31. The van der Waals surface area contributed by atoms with Gasteiger partial charge in [-0.05, 0) is 40.8 Å². The number of fused-ring (bicyclic) bond motifs is 1. The molecule has 0 aliphatic carbocycles. The number of amides is 1. The summed E-state index contributed by atoms with van der Waals surface area (Å²) in [7, 11) is 0. The molecule has 0 bridgehead atoms. The molecule has 1 amide bonds. The minimum Gasteiger partial charge on any atom is -0.349 e. The number of thiophene rings is 1. The van der Waals surface area contributed by atoms with E-state index in [9.17, 15) is 4.79 Å². The first-order valence-corrected chi connectivity index (χ1v) is 10.3. The number of thiazole rings is 1. The van der Waals surface area contributed by atoms with Crippen LogP contribution >= 0.6 is 22.7 Å². The first kappa shape index (κ1) is 16.9. The smallest absolute Gasteiger partial charge is 0.226 e. The van der Waals surface area contributed by atoms with Gasteiger partial charge in [-0.1, -0.05) is 36.4 Å². The van der Waals surface area contributed by atoms with Gasteiger partial charge >= 0.3 is 0 Å². The van der Waals surface area contributed by atoms with Gasteiger partial charge in [-0.2, -0.15) is 11.3 Å². The molecule has 0 radical (unpaired) electrons. The number of carbonyl (C=O) groups excluding carboxylic acids is 1. The first-order chi connectivity index (χ1) is 12.7. The second kappa shape index (κ2) is 7.40. The lowest BCUT2D eigenvalue weighted by atomic mass is 10.0. The van der Waals surface area contributed by atoms with Gasteiger partial charge in [0, 0.05) is 16.3 Å². The highest BCUT2D eigenvalue weighted by atomic mass is 32.1. The number of benzene rings is 2. The molecule has 1 unspecified atom stereocenters. The third-order valence-corrected chi connectivity index (χ3v) is 5.94. The highest BCUT2D eigenvalue weighted by molar-refractivity contribution is 7.14. The Morgan fingerprint density at radius 2 is 1.96 bits per heavy atom. The molecule has 130 valence electrons. The van der Waals surface area contributed by atoms with Gasteiger partial charge in [0.15, 0.2) is 0 Å². The van der Waals surface area contributed by atoms with E-state index in [1.807, 2.05) is 29.8 Å². The van der Waals surface area contributed by atoms with Crippen LogP contribution in [0.5, 0.6) is 0 Å². The van der Waals surface area contributed by atoms with E-state index >= 15 is 0 Å². The van der Waals surface area contributed by atoms with Crippen LogP contribution in [0.3, 0.4) is 0 Å². The van der Waals surface area contributed by atoms with Gasteiger partial charge in [-0.15, -0.1) is 11.3 Å². The van der Waals surface area contributed by atoms with Crippen molar-refractivity contribution in [2.45, 2.75) is 19.4 Å². The van der Waals surface area contributed by atoms with E-state index in [4.69, 9.17) is 0 Å². The van der Waals surface area contributed by atoms with Gasteiger partial charge < -0.3 is 5.32 Å². The summed E-state index contributed by atoms with van der Waals surface area (Å²) in [6.07, 6.45) is 0.304. The van der Waals surface area contributed by atoms with E-state index in [2.05, 4.69) is 52.1 Å². The number of aromatic nitrogens is 1. The zero-order valence-electron chi connectivity index (χ0n) is 14.3. The van der Waals surface area contributed by atoms with Gasteiger partial charge in [-0.3, -0.25) is 4.79 Å². The molecule has 0 saturated carbocycles. The van der Waals surface area contributed by atoms with Crippen LogP contribution < -0.4 is 5.32 Å². The van der Waals surface area contributed by atoms with Crippen LogP contribution in [0.4, 0.5) is 0 Å². The Morgan fingerprint density at radius 3 is 2.77 bits per heavy atom. The second-order valence-electron chi connectivity index (χ2n) is 6.23. The van der Waals surface area contributed by atoms with Crippen molar-refractivity contribution in [2.75, 3.05) is 0 Å². The van der Waals surface area contributed by atoms with Gasteiger partial charge in [0.25, 0.3) is 0 Å². The highest BCUT2D eigenvalue weighted by Crippen LogP contribution is 2.26. The van der Waals surface area contributed by atoms with Crippen LogP contribution in [0.2, 0.25) is 0 Å². The minimum absolute atomic E-state index is 0.00664. The van der Waals surface area contributed by atoms with E-state index < -0.39 is 0 Å². The SMILES string of the molecule is CC(NC(=O)Cc1csc(-c2ccsc2)n1)c1ccc2ccccc2c1. The van der Waals surface area contributed by atoms with Crippen molar-refractivity contribution in [2.24, 2.45) is 0 Å². The summed E-state index contributed by atoms with van der Waals surface area (Å²) in [5.41, 5.74) is 3.05. The van der Waals surface area contributed by atoms with Crippen molar-refractivity contribution in [1.29, 1.82) is 0 Å². The Labute approximate surface area is 160 Å². The number of hydrogen-bond donors (Lipinski definition) is 1. The molecular formula is C21H18N2OS2. The fourth-order valence-corrected chi connectivity index (χ4v) is 4.46. The Morgan fingerprint density at radius 1 is 1.12 bits per heavy atom. The summed E-state index contributed by atoms with van der Waals surface area (Å²) in [5.74, 6) is -0.00664. The van der Waals surface area contributed by atoms with Crippen molar-refractivity contribution in [3.05, 3.63) is 75.9 Å². The van der Waals surface area contributed by atoms with Crippen molar-refractivity contribution in [1.82, 2.24) is 10.3 Å². The average molecular weight is 379 g/mol. The molecule has 0 spiro atoms. The minimum atomic E-state index is -0.0397. The molecule has 3 nitrogen and oxygen atoms in total. The lowest BCUT2D eigenvalue weighted by Crippen LogP contribution is -2.28. The molecule has 0 aliphatic heterocycles. The summed E-state index contributed by atoms with van der Waals surface area (Å²) in [4.78, 5) is 17.0. The van der Waals surface area contributed by atoms with Crippen LogP contribution in [-0.4, -0.2) is 10.9 Å². The number of hydrogen-bond acceptors (Lipinski definition) is 4. The fraction of sp³-hybridized carbons (Fsp3) is 0.143. The molecule has 26 heavy (non-hydrogen) atoms. The maximum Gasteiger partial charge on any atom is 0.226 e. The maximum absolute atomic E-state index is 12.4. The largest absolute Gasteiger partial charge is 0.349 e. The topological polar surface area (TPSA) is 42.0 Å². The summed E-state index contributed by atoms with van der Waals surface area (Å²) in [6.45, 7) is 2.01. The van der Waals surface area contributed by atoms with Gasteiger partial charge in [0.2, 0.25) is 5.91 Å². The highest BCUT2D eigenvalue weighted by Gasteiger charge is 2.13. The van der Waals surface area contributed by atoms with E-state index in [1.54, 1.807) is 22.7 Å². The normalized spacial score (nSPS) is 12.2. The Kier molecular flexibility index (Phi) is 4.82. The zero-order valence-corrected chi connectivity index (χ0v) is 15.9. The molecule has 2 aromatic carbocycles. The Bertz CT molecular complexity index is 1040. The monoisotopic (exact) mass is 378 g/mol. The van der Waals surface area contributed by atoms with Gasteiger partial charge in [-0.25, -0.2) is 4.98 Å². The molecule has 5 heteroatoms. The summed E-state index contributed by atoms with van der Waals surface area (Å²) in [6, 6.07) is 16.6. The van der Waals surface area contributed by atoms with Crippen LogP contribution in [0.25, 0.3) is 21.3 Å². The number of nitrogens with one attached hydrogen (secondary N) is 1. The van der Waals surface area contributed by atoms with Crippen LogP contribution in [0, 0.1) is 0 Å². The standard InChI is InChI=1S/C21H18N2OS2/c1-14(16-7-6-15-4-2-3-5-17(15)10-16)22-20(24)11-19-13-26-21(23-19)18-8-9-25-12-18/h2-10,12-14H,11H2,1H3,(H,22,24). The third kappa shape index (κ3) is 3.69. The van der Waals surface area contributed by atoms with Crippen LogP contribution in [0.1, 0.15) is 24.2 Å². The van der Waals surface area contributed by atoms with E-state index in [0.717, 1.165) is 21.8 Å². The van der Waals surface area contributed by atoms with Gasteiger partial charge in [0.05, 0.1) is 18.2 Å². The van der Waals surface area contributed by atoms with Crippen molar-refractivity contribution >= 4 is 39.4 Å². The molecule has 4 rings (SSSR count). The van der Waals surface area contributed by atoms with Crippen LogP contribution in [-0.2, 0) is 11.2 Å². The summed E-state index contributed by atoms with van der Waals surface area (Å²) in [5, 5.41) is 12.5. The molecule has 2 aromatic heterocycles.